The van der Waals surface area contributed by atoms with Crippen molar-refractivity contribution in [2.75, 3.05) is 26.3 Å². The van der Waals surface area contributed by atoms with Crippen LogP contribution in [-0.2, 0) is 9.53 Å². The van der Waals surface area contributed by atoms with Gasteiger partial charge in [-0.05, 0) is 25.7 Å². The highest BCUT2D eigenvalue weighted by Gasteiger charge is 2.17. The minimum Gasteiger partial charge on any atom is -0.381 e. The second kappa shape index (κ2) is 5.14. The van der Waals surface area contributed by atoms with Crippen molar-refractivity contribution in [1.29, 1.82) is 0 Å². The zero-order valence-corrected chi connectivity index (χ0v) is 7.66. The molecule has 1 aliphatic heterocycles. The molecular formula is C9H17NO2. The number of hydrogen-bond acceptors (Lipinski definition) is 2. The Morgan fingerprint density at radius 3 is 2.67 bits per heavy atom. The van der Waals surface area contributed by atoms with Crippen LogP contribution in [0.4, 0.5) is 0 Å². The van der Waals surface area contributed by atoms with Crippen LogP contribution in [-0.4, -0.2) is 37.6 Å². The highest BCUT2D eigenvalue weighted by molar-refractivity contribution is 5.47. The maximum atomic E-state index is 10.4. The van der Waals surface area contributed by atoms with Gasteiger partial charge in [0.05, 0.1) is 0 Å². The van der Waals surface area contributed by atoms with Crippen LogP contribution in [0.25, 0.3) is 0 Å². The number of likely N-dealkylation sites (tertiary alicyclic amines) is 1. The Morgan fingerprint density at radius 2 is 2.17 bits per heavy atom. The summed E-state index contributed by atoms with van der Waals surface area (Å²) in [5.41, 5.74) is 0. The predicted octanol–water partition coefficient (Wildman–Crippen LogP) is 0.891. The molecule has 70 valence electrons. The van der Waals surface area contributed by atoms with Gasteiger partial charge in [-0.2, -0.15) is 0 Å². The predicted molar refractivity (Wildman–Crippen MR) is 46.9 cm³/mol. The molecule has 0 N–H and O–H groups in total. The third-order valence-corrected chi connectivity index (χ3v) is 2.36. The van der Waals surface area contributed by atoms with Crippen molar-refractivity contribution in [1.82, 2.24) is 4.90 Å². The number of amides is 1. The van der Waals surface area contributed by atoms with Gasteiger partial charge in [-0.15, -0.1) is 0 Å². The van der Waals surface area contributed by atoms with E-state index in [-0.39, 0.29) is 0 Å². The van der Waals surface area contributed by atoms with Gasteiger partial charge in [0.15, 0.2) is 0 Å². The summed E-state index contributed by atoms with van der Waals surface area (Å²) in [5, 5.41) is 0. The number of carbonyl (C=O) groups is 1. The summed E-state index contributed by atoms with van der Waals surface area (Å²) in [4.78, 5) is 12.2. The molecule has 1 saturated heterocycles. The highest BCUT2D eigenvalue weighted by atomic mass is 16.5. The van der Waals surface area contributed by atoms with Crippen LogP contribution >= 0.6 is 0 Å². The van der Waals surface area contributed by atoms with Crippen molar-refractivity contribution in [3.63, 3.8) is 0 Å². The molecule has 0 aromatic heterocycles. The third-order valence-electron chi connectivity index (χ3n) is 2.36. The highest BCUT2D eigenvalue weighted by Crippen LogP contribution is 2.15. The van der Waals surface area contributed by atoms with Gasteiger partial charge >= 0.3 is 0 Å². The van der Waals surface area contributed by atoms with Gasteiger partial charge in [0.2, 0.25) is 6.41 Å². The average molecular weight is 171 g/mol. The van der Waals surface area contributed by atoms with Gasteiger partial charge in [0, 0.05) is 26.3 Å². The molecule has 0 bridgehead atoms. The van der Waals surface area contributed by atoms with Crippen LogP contribution in [0.15, 0.2) is 0 Å². The van der Waals surface area contributed by atoms with E-state index in [1.165, 1.54) is 0 Å². The van der Waals surface area contributed by atoms with Gasteiger partial charge < -0.3 is 9.64 Å². The molecule has 1 amide bonds. The van der Waals surface area contributed by atoms with Gasteiger partial charge in [-0.1, -0.05) is 0 Å². The van der Waals surface area contributed by atoms with E-state index in [0.717, 1.165) is 45.6 Å². The molecule has 0 saturated carbocycles. The lowest BCUT2D eigenvalue weighted by atomic mass is 9.98. The van der Waals surface area contributed by atoms with Gasteiger partial charge in [-0.25, -0.2) is 0 Å². The molecular weight excluding hydrogens is 154 g/mol. The van der Waals surface area contributed by atoms with E-state index in [0.29, 0.717) is 5.92 Å². The first-order valence-electron chi connectivity index (χ1n) is 4.64. The Hall–Kier alpha value is -0.570. The summed E-state index contributed by atoms with van der Waals surface area (Å²) < 4.78 is 5.33. The lowest BCUT2D eigenvalue weighted by Crippen LogP contribution is -2.33. The first kappa shape index (κ1) is 9.52. The van der Waals surface area contributed by atoms with Crippen LogP contribution in [0.3, 0.4) is 0 Å². The van der Waals surface area contributed by atoms with E-state index in [1.54, 1.807) is 0 Å². The summed E-state index contributed by atoms with van der Waals surface area (Å²) in [6.07, 6.45) is 3.13. The summed E-state index contributed by atoms with van der Waals surface area (Å²) in [6, 6.07) is 0. The van der Waals surface area contributed by atoms with E-state index in [4.69, 9.17) is 4.74 Å². The topological polar surface area (TPSA) is 29.5 Å². The van der Waals surface area contributed by atoms with Crippen molar-refractivity contribution in [2.24, 2.45) is 5.92 Å². The van der Waals surface area contributed by atoms with Gasteiger partial charge in [-0.3, -0.25) is 4.79 Å². The molecule has 0 aromatic rings. The average Bonchev–Trinajstić information content (AvgIpc) is 2.15. The molecule has 3 nitrogen and oxygen atoms in total. The molecule has 0 unspecified atom stereocenters. The Balaban J connectivity index is 2.12. The van der Waals surface area contributed by atoms with E-state index in [9.17, 15) is 4.79 Å². The summed E-state index contributed by atoms with van der Waals surface area (Å²) in [6.45, 7) is 5.49. The number of ether oxygens (including phenoxy) is 1. The van der Waals surface area contributed by atoms with Crippen LogP contribution in [0, 0.1) is 5.92 Å². The second-order valence-corrected chi connectivity index (χ2v) is 3.24. The summed E-state index contributed by atoms with van der Waals surface area (Å²) in [7, 11) is 0. The lowest BCUT2D eigenvalue weighted by Gasteiger charge is -2.28. The zero-order valence-electron chi connectivity index (χ0n) is 7.66. The smallest absolute Gasteiger partial charge is 0.209 e. The fourth-order valence-corrected chi connectivity index (χ4v) is 1.51. The van der Waals surface area contributed by atoms with E-state index in [1.807, 2.05) is 11.8 Å². The fraction of sp³-hybridized carbons (Fsp3) is 0.889. The molecule has 0 aromatic carbocycles. The number of carbonyl (C=O) groups excluding carboxylic acids is 1. The number of hydrogen-bond donors (Lipinski definition) is 0. The third kappa shape index (κ3) is 2.81. The van der Waals surface area contributed by atoms with Crippen LogP contribution in [0.1, 0.15) is 19.8 Å². The quantitative estimate of drug-likeness (QED) is 0.588. The maximum Gasteiger partial charge on any atom is 0.209 e. The molecule has 1 heterocycles. The number of piperidine rings is 1. The molecule has 1 rings (SSSR count). The summed E-state index contributed by atoms with van der Waals surface area (Å²) >= 11 is 0. The molecule has 0 aliphatic carbocycles. The molecule has 0 spiro atoms. The molecule has 0 radical (unpaired) electrons. The summed E-state index contributed by atoms with van der Waals surface area (Å²) in [5.74, 6) is 0.668. The molecule has 12 heavy (non-hydrogen) atoms. The van der Waals surface area contributed by atoms with Crippen LogP contribution in [0.2, 0.25) is 0 Å². The number of rotatable bonds is 4. The molecule has 3 heteroatoms. The Kier molecular flexibility index (Phi) is 4.08. The van der Waals surface area contributed by atoms with Crippen molar-refractivity contribution in [3.05, 3.63) is 0 Å². The largest absolute Gasteiger partial charge is 0.381 e. The minimum absolute atomic E-state index is 0.668. The zero-order chi connectivity index (χ0) is 8.81. The van der Waals surface area contributed by atoms with E-state index in [2.05, 4.69) is 0 Å². The van der Waals surface area contributed by atoms with Crippen molar-refractivity contribution >= 4 is 6.41 Å². The standard InChI is InChI=1S/C9H17NO2/c1-2-12-7-9-3-5-10(8-11)6-4-9/h8-9H,2-7H2,1H3. The van der Waals surface area contributed by atoms with Crippen molar-refractivity contribution < 1.29 is 9.53 Å². The monoisotopic (exact) mass is 171 g/mol. The lowest BCUT2D eigenvalue weighted by molar-refractivity contribution is -0.119. The minimum atomic E-state index is 0.668. The van der Waals surface area contributed by atoms with Crippen LogP contribution in [0.5, 0.6) is 0 Å². The van der Waals surface area contributed by atoms with Crippen LogP contribution < -0.4 is 0 Å². The van der Waals surface area contributed by atoms with Gasteiger partial charge in [0.25, 0.3) is 0 Å². The first-order chi connectivity index (χ1) is 5.86. The SMILES string of the molecule is CCOCC1CCN(C=O)CC1. The Labute approximate surface area is 73.7 Å². The normalized spacial score (nSPS) is 19.6. The second-order valence-electron chi connectivity index (χ2n) is 3.24. The Bertz CT molecular complexity index is 130. The molecule has 1 aliphatic rings. The Morgan fingerprint density at radius 1 is 1.50 bits per heavy atom. The van der Waals surface area contributed by atoms with Gasteiger partial charge in [0.1, 0.15) is 0 Å². The van der Waals surface area contributed by atoms with E-state index < -0.39 is 0 Å². The first-order valence-corrected chi connectivity index (χ1v) is 4.64. The van der Waals surface area contributed by atoms with Crippen molar-refractivity contribution in [2.45, 2.75) is 19.8 Å². The molecule has 0 atom stereocenters. The van der Waals surface area contributed by atoms with Crippen molar-refractivity contribution in [3.8, 4) is 0 Å². The van der Waals surface area contributed by atoms with E-state index >= 15 is 0 Å². The maximum absolute atomic E-state index is 10.4. The molecule has 1 fully saturated rings. The fourth-order valence-electron chi connectivity index (χ4n) is 1.51. The number of nitrogens with zero attached hydrogens (tertiary/aromatic N) is 1.